The summed E-state index contributed by atoms with van der Waals surface area (Å²) in [6.45, 7) is 3.14. The Morgan fingerprint density at radius 1 is 1.27 bits per heavy atom. The summed E-state index contributed by atoms with van der Waals surface area (Å²) in [5.74, 6) is 2.43. The lowest BCUT2D eigenvalue weighted by atomic mass is 10.1. The van der Waals surface area contributed by atoms with Gasteiger partial charge in [0.2, 0.25) is 0 Å². The lowest BCUT2D eigenvalue weighted by Gasteiger charge is -2.25. The molecule has 5 heteroatoms. The third kappa shape index (κ3) is 2.35. The maximum atomic E-state index is 9.55. The lowest BCUT2D eigenvalue weighted by Crippen LogP contribution is -2.32. The van der Waals surface area contributed by atoms with Crippen LogP contribution in [-0.4, -0.2) is 43.5 Å². The molecule has 2 aromatic rings. The predicted octanol–water partition coefficient (Wildman–Crippen LogP) is 2.52. The average Bonchev–Trinajstić information content (AvgIpc) is 3.02. The number of pyridine rings is 1. The van der Waals surface area contributed by atoms with Crippen LogP contribution in [0.15, 0.2) is 18.2 Å². The van der Waals surface area contributed by atoms with Gasteiger partial charge in [0.25, 0.3) is 0 Å². The third-order valence-electron chi connectivity index (χ3n) is 4.39. The third-order valence-corrected chi connectivity index (χ3v) is 4.39. The fourth-order valence-corrected chi connectivity index (χ4v) is 3.27. The molecule has 0 aliphatic carbocycles. The van der Waals surface area contributed by atoms with Crippen molar-refractivity contribution in [2.24, 2.45) is 0 Å². The highest BCUT2D eigenvalue weighted by Gasteiger charge is 2.26. The Morgan fingerprint density at radius 3 is 2.68 bits per heavy atom. The Hall–Kier alpha value is -2.01. The Kier molecular flexibility index (Phi) is 4.07. The number of aryl methyl sites for hydroxylation is 1. The van der Waals surface area contributed by atoms with Crippen LogP contribution in [0.25, 0.3) is 10.9 Å². The Morgan fingerprint density at radius 2 is 2.00 bits per heavy atom. The Bertz CT molecular complexity index is 687. The molecular weight excluding hydrogens is 280 g/mol. The molecule has 0 spiro atoms. The number of anilines is 1. The maximum absolute atomic E-state index is 9.55. The molecule has 1 fully saturated rings. The minimum absolute atomic E-state index is 0.154. The molecule has 0 saturated carbocycles. The molecule has 1 N–H and O–H groups in total. The second kappa shape index (κ2) is 6.01. The molecule has 0 unspecified atom stereocenters. The Balaban J connectivity index is 2.19. The minimum atomic E-state index is 0.154. The van der Waals surface area contributed by atoms with E-state index in [1.165, 1.54) is 0 Å². The number of benzene rings is 1. The summed E-state index contributed by atoms with van der Waals surface area (Å²) in [4.78, 5) is 6.99. The standard InChI is InChI=1S/C17H22N2O3/c1-11-9-15(19-8-4-5-12(19)10-20)18-17-14(22-3)7-6-13(21-2)16(11)17/h6-7,9,12,20H,4-5,8,10H2,1-3H3/t12-/m1/s1. The zero-order valence-corrected chi connectivity index (χ0v) is 13.3. The number of hydrogen-bond donors (Lipinski definition) is 1. The smallest absolute Gasteiger partial charge is 0.145 e. The molecule has 0 amide bonds. The number of ether oxygens (including phenoxy) is 2. The second-order valence-corrected chi connectivity index (χ2v) is 5.66. The van der Waals surface area contributed by atoms with Gasteiger partial charge in [0, 0.05) is 11.9 Å². The van der Waals surface area contributed by atoms with Gasteiger partial charge in [-0.1, -0.05) is 0 Å². The van der Waals surface area contributed by atoms with Crippen LogP contribution in [0, 0.1) is 6.92 Å². The fourth-order valence-electron chi connectivity index (χ4n) is 3.27. The van der Waals surface area contributed by atoms with E-state index in [4.69, 9.17) is 14.5 Å². The summed E-state index contributed by atoms with van der Waals surface area (Å²) in [7, 11) is 3.31. The summed E-state index contributed by atoms with van der Waals surface area (Å²) in [5, 5.41) is 10.5. The molecule has 3 rings (SSSR count). The van der Waals surface area contributed by atoms with Crippen molar-refractivity contribution in [1.82, 2.24) is 4.98 Å². The number of aromatic nitrogens is 1. The molecule has 0 bridgehead atoms. The van der Waals surface area contributed by atoms with Gasteiger partial charge in [-0.3, -0.25) is 0 Å². The first kappa shape index (κ1) is 14.9. The van der Waals surface area contributed by atoms with Gasteiger partial charge >= 0.3 is 0 Å². The molecule has 1 aliphatic heterocycles. The first-order valence-electron chi connectivity index (χ1n) is 7.59. The second-order valence-electron chi connectivity index (χ2n) is 5.66. The van der Waals surface area contributed by atoms with Crippen molar-refractivity contribution in [1.29, 1.82) is 0 Å². The van der Waals surface area contributed by atoms with Crippen LogP contribution in [0.4, 0.5) is 5.82 Å². The number of hydrogen-bond acceptors (Lipinski definition) is 5. The molecule has 0 radical (unpaired) electrons. The molecule has 1 aromatic carbocycles. The van der Waals surface area contributed by atoms with E-state index in [0.29, 0.717) is 0 Å². The normalized spacial score (nSPS) is 18.0. The van der Waals surface area contributed by atoms with Crippen LogP contribution in [-0.2, 0) is 0 Å². The SMILES string of the molecule is COc1ccc(OC)c2c(C)cc(N3CCC[C@@H]3CO)nc12. The van der Waals surface area contributed by atoms with E-state index < -0.39 is 0 Å². The van der Waals surface area contributed by atoms with Crippen molar-refractivity contribution in [2.45, 2.75) is 25.8 Å². The van der Waals surface area contributed by atoms with Crippen LogP contribution >= 0.6 is 0 Å². The van der Waals surface area contributed by atoms with Crippen LogP contribution in [0.2, 0.25) is 0 Å². The summed E-state index contributed by atoms with van der Waals surface area (Å²) in [5.41, 5.74) is 1.90. The fraction of sp³-hybridized carbons (Fsp3) is 0.471. The predicted molar refractivity (Wildman–Crippen MR) is 87.0 cm³/mol. The zero-order chi connectivity index (χ0) is 15.7. The lowest BCUT2D eigenvalue weighted by molar-refractivity contribution is 0.266. The van der Waals surface area contributed by atoms with Crippen molar-refractivity contribution in [2.75, 3.05) is 32.3 Å². The number of methoxy groups -OCH3 is 2. The van der Waals surface area contributed by atoms with E-state index in [1.54, 1.807) is 14.2 Å². The first-order valence-corrected chi connectivity index (χ1v) is 7.59. The summed E-state index contributed by atoms with van der Waals surface area (Å²) >= 11 is 0. The largest absolute Gasteiger partial charge is 0.496 e. The van der Waals surface area contributed by atoms with Gasteiger partial charge in [-0.25, -0.2) is 4.98 Å². The number of aliphatic hydroxyl groups excluding tert-OH is 1. The van der Waals surface area contributed by atoms with Crippen molar-refractivity contribution >= 4 is 16.7 Å². The van der Waals surface area contributed by atoms with E-state index in [1.807, 2.05) is 12.1 Å². The van der Waals surface area contributed by atoms with Gasteiger partial charge in [-0.2, -0.15) is 0 Å². The van der Waals surface area contributed by atoms with Gasteiger partial charge < -0.3 is 19.5 Å². The topological polar surface area (TPSA) is 54.8 Å². The Labute approximate surface area is 130 Å². The van der Waals surface area contributed by atoms with E-state index in [2.05, 4.69) is 17.9 Å². The highest BCUT2D eigenvalue weighted by Crippen LogP contribution is 2.37. The number of nitrogens with zero attached hydrogens (tertiary/aromatic N) is 2. The molecule has 5 nitrogen and oxygen atoms in total. The van der Waals surface area contributed by atoms with E-state index in [-0.39, 0.29) is 12.6 Å². The molecule has 1 aliphatic rings. The van der Waals surface area contributed by atoms with Crippen LogP contribution < -0.4 is 14.4 Å². The van der Waals surface area contributed by atoms with E-state index in [0.717, 1.165) is 53.2 Å². The van der Waals surface area contributed by atoms with Crippen LogP contribution in [0.1, 0.15) is 18.4 Å². The molecular formula is C17H22N2O3. The van der Waals surface area contributed by atoms with Crippen molar-refractivity contribution < 1.29 is 14.6 Å². The molecule has 2 heterocycles. The van der Waals surface area contributed by atoms with Crippen molar-refractivity contribution in [3.05, 3.63) is 23.8 Å². The molecule has 1 atom stereocenters. The monoisotopic (exact) mass is 302 g/mol. The summed E-state index contributed by atoms with van der Waals surface area (Å²) in [6, 6.07) is 6.01. The first-order chi connectivity index (χ1) is 10.7. The zero-order valence-electron chi connectivity index (χ0n) is 13.3. The summed E-state index contributed by atoms with van der Waals surface area (Å²) in [6.07, 6.45) is 2.09. The van der Waals surface area contributed by atoms with Gasteiger partial charge in [-0.15, -0.1) is 0 Å². The van der Waals surface area contributed by atoms with Crippen LogP contribution in [0.3, 0.4) is 0 Å². The molecule has 118 valence electrons. The number of fused-ring (bicyclic) bond motifs is 1. The maximum Gasteiger partial charge on any atom is 0.145 e. The highest BCUT2D eigenvalue weighted by atomic mass is 16.5. The van der Waals surface area contributed by atoms with Crippen molar-refractivity contribution in [3.8, 4) is 11.5 Å². The number of aliphatic hydroxyl groups is 1. The van der Waals surface area contributed by atoms with E-state index in [9.17, 15) is 5.11 Å². The van der Waals surface area contributed by atoms with Gasteiger partial charge in [0.15, 0.2) is 0 Å². The highest BCUT2D eigenvalue weighted by molar-refractivity contribution is 5.94. The average molecular weight is 302 g/mol. The molecule has 1 aromatic heterocycles. The minimum Gasteiger partial charge on any atom is -0.496 e. The molecule has 1 saturated heterocycles. The number of rotatable bonds is 4. The van der Waals surface area contributed by atoms with Crippen molar-refractivity contribution in [3.63, 3.8) is 0 Å². The van der Waals surface area contributed by atoms with E-state index >= 15 is 0 Å². The molecule has 22 heavy (non-hydrogen) atoms. The summed E-state index contributed by atoms with van der Waals surface area (Å²) < 4.78 is 10.9. The van der Waals surface area contributed by atoms with Gasteiger partial charge in [0.1, 0.15) is 22.8 Å². The van der Waals surface area contributed by atoms with Gasteiger partial charge in [0.05, 0.1) is 26.9 Å². The quantitative estimate of drug-likeness (QED) is 0.940. The van der Waals surface area contributed by atoms with Crippen LogP contribution in [0.5, 0.6) is 11.5 Å². The van der Waals surface area contributed by atoms with Gasteiger partial charge in [-0.05, 0) is 43.5 Å².